The van der Waals surface area contributed by atoms with Crippen LogP contribution >= 0.6 is 0 Å². The highest BCUT2D eigenvalue weighted by Gasteiger charge is 2.15. The summed E-state index contributed by atoms with van der Waals surface area (Å²) in [5.41, 5.74) is 0. The molecule has 0 spiro atoms. The van der Waals surface area contributed by atoms with E-state index in [1.165, 1.54) is 12.8 Å². The van der Waals surface area contributed by atoms with Crippen LogP contribution < -0.4 is 0 Å². The maximum absolute atomic E-state index is 5.06. The predicted molar refractivity (Wildman–Crippen MR) is 58.0 cm³/mol. The third kappa shape index (κ3) is 5.27. The second kappa shape index (κ2) is 7.34. The largest absolute Gasteiger partial charge is 0.383 e. The number of likely N-dealkylation sites (N-methyl/N-ethyl adjacent to an activating group) is 1. The highest BCUT2D eigenvalue weighted by Crippen LogP contribution is 2.14. The Morgan fingerprint density at radius 3 is 2.38 bits per heavy atom. The van der Waals surface area contributed by atoms with Crippen molar-refractivity contribution in [3.05, 3.63) is 0 Å². The summed E-state index contributed by atoms with van der Waals surface area (Å²) in [5.74, 6) is 0.784. The maximum atomic E-state index is 5.06. The second-order valence-electron chi connectivity index (χ2n) is 3.98. The van der Waals surface area contributed by atoms with E-state index in [1.54, 1.807) is 7.11 Å². The summed E-state index contributed by atoms with van der Waals surface area (Å²) >= 11 is 0. The van der Waals surface area contributed by atoms with Gasteiger partial charge in [-0.2, -0.15) is 0 Å². The first-order valence-electron chi connectivity index (χ1n) is 5.32. The van der Waals surface area contributed by atoms with Gasteiger partial charge in [-0.15, -0.1) is 0 Å². The van der Waals surface area contributed by atoms with Crippen LogP contribution in [0.3, 0.4) is 0 Å². The van der Waals surface area contributed by atoms with Crippen molar-refractivity contribution < 1.29 is 4.74 Å². The number of ether oxygens (including phenoxy) is 1. The van der Waals surface area contributed by atoms with Gasteiger partial charge in [0.2, 0.25) is 0 Å². The molecule has 13 heavy (non-hydrogen) atoms. The Morgan fingerprint density at radius 1 is 1.31 bits per heavy atom. The summed E-state index contributed by atoms with van der Waals surface area (Å²) in [5, 5.41) is 0. The molecular formula is C11H25NO. The standard InChI is InChI=1S/C11H25NO/c1-6-7-10(2)11(3)12(4)8-9-13-5/h10-11H,6-9H2,1-5H3. The number of hydrogen-bond acceptors (Lipinski definition) is 2. The van der Waals surface area contributed by atoms with Crippen molar-refractivity contribution in [3.8, 4) is 0 Å². The molecule has 80 valence electrons. The van der Waals surface area contributed by atoms with Gasteiger partial charge in [0.1, 0.15) is 0 Å². The van der Waals surface area contributed by atoms with E-state index in [4.69, 9.17) is 4.74 Å². The van der Waals surface area contributed by atoms with E-state index >= 15 is 0 Å². The summed E-state index contributed by atoms with van der Waals surface area (Å²) in [6.45, 7) is 8.75. The Morgan fingerprint density at radius 2 is 1.92 bits per heavy atom. The first kappa shape index (κ1) is 12.9. The van der Waals surface area contributed by atoms with Crippen molar-refractivity contribution in [2.75, 3.05) is 27.3 Å². The molecule has 0 aromatic carbocycles. The Hall–Kier alpha value is -0.0800. The first-order chi connectivity index (χ1) is 6.13. The summed E-state index contributed by atoms with van der Waals surface area (Å²) in [6.07, 6.45) is 2.60. The summed E-state index contributed by atoms with van der Waals surface area (Å²) in [7, 11) is 3.93. The molecule has 0 amide bonds. The van der Waals surface area contributed by atoms with Crippen LogP contribution in [0.4, 0.5) is 0 Å². The van der Waals surface area contributed by atoms with Crippen LogP contribution in [0.5, 0.6) is 0 Å². The second-order valence-corrected chi connectivity index (χ2v) is 3.98. The van der Waals surface area contributed by atoms with Gasteiger partial charge in [0.15, 0.2) is 0 Å². The molecule has 2 nitrogen and oxygen atoms in total. The van der Waals surface area contributed by atoms with Gasteiger partial charge in [-0.3, -0.25) is 0 Å². The molecule has 2 unspecified atom stereocenters. The first-order valence-corrected chi connectivity index (χ1v) is 5.32. The molecule has 0 rings (SSSR count). The van der Waals surface area contributed by atoms with Crippen LogP contribution in [0.25, 0.3) is 0 Å². The molecule has 0 bridgehead atoms. The monoisotopic (exact) mass is 187 g/mol. The molecule has 0 saturated heterocycles. The fraction of sp³-hybridized carbons (Fsp3) is 1.00. The number of rotatable bonds is 7. The average Bonchev–Trinajstić information content (AvgIpc) is 2.13. The van der Waals surface area contributed by atoms with Gasteiger partial charge < -0.3 is 9.64 Å². The van der Waals surface area contributed by atoms with Crippen molar-refractivity contribution in [2.45, 2.75) is 39.7 Å². The van der Waals surface area contributed by atoms with E-state index in [1.807, 2.05) is 0 Å². The summed E-state index contributed by atoms with van der Waals surface area (Å²) < 4.78 is 5.06. The minimum atomic E-state index is 0.662. The molecule has 0 N–H and O–H groups in total. The van der Waals surface area contributed by atoms with Gasteiger partial charge in [0, 0.05) is 19.7 Å². The van der Waals surface area contributed by atoms with Crippen LogP contribution in [0, 0.1) is 5.92 Å². The quantitative estimate of drug-likeness (QED) is 0.607. The lowest BCUT2D eigenvalue weighted by molar-refractivity contribution is 0.123. The lowest BCUT2D eigenvalue weighted by Crippen LogP contribution is -2.36. The Kier molecular flexibility index (Phi) is 7.29. The zero-order valence-corrected chi connectivity index (χ0v) is 9.84. The van der Waals surface area contributed by atoms with E-state index < -0.39 is 0 Å². The van der Waals surface area contributed by atoms with Crippen LogP contribution in [-0.4, -0.2) is 38.3 Å². The molecule has 2 atom stereocenters. The number of methoxy groups -OCH3 is 1. The smallest absolute Gasteiger partial charge is 0.0589 e. The molecule has 0 saturated carbocycles. The van der Waals surface area contributed by atoms with Gasteiger partial charge in [-0.05, 0) is 26.3 Å². The lowest BCUT2D eigenvalue weighted by atomic mass is 9.97. The zero-order chi connectivity index (χ0) is 10.3. The third-order valence-corrected chi connectivity index (χ3v) is 2.91. The van der Waals surface area contributed by atoms with Gasteiger partial charge in [-0.25, -0.2) is 0 Å². The fourth-order valence-electron chi connectivity index (χ4n) is 1.57. The predicted octanol–water partition coefficient (Wildman–Crippen LogP) is 2.39. The molecule has 0 fully saturated rings. The normalized spacial score (nSPS) is 16.2. The van der Waals surface area contributed by atoms with Crippen LogP contribution in [0.2, 0.25) is 0 Å². The molecule has 0 aromatic heterocycles. The highest BCUT2D eigenvalue weighted by atomic mass is 16.5. The molecule has 2 heteroatoms. The van der Waals surface area contributed by atoms with Gasteiger partial charge in [-0.1, -0.05) is 20.3 Å². The average molecular weight is 187 g/mol. The number of nitrogens with zero attached hydrogens (tertiary/aromatic N) is 1. The van der Waals surface area contributed by atoms with Crippen LogP contribution in [0.15, 0.2) is 0 Å². The summed E-state index contributed by atoms with van der Waals surface area (Å²) in [4.78, 5) is 2.38. The lowest BCUT2D eigenvalue weighted by Gasteiger charge is -2.29. The van der Waals surface area contributed by atoms with Gasteiger partial charge in [0.25, 0.3) is 0 Å². The molecule has 0 heterocycles. The number of hydrogen-bond donors (Lipinski definition) is 0. The molecular weight excluding hydrogens is 162 g/mol. The van der Waals surface area contributed by atoms with E-state index in [2.05, 4.69) is 32.7 Å². The van der Waals surface area contributed by atoms with E-state index in [9.17, 15) is 0 Å². The van der Waals surface area contributed by atoms with Crippen molar-refractivity contribution in [1.82, 2.24) is 4.90 Å². The topological polar surface area (TPSA) is 12.5 Å². The Labute approximate surface area is 83.3 Å². The minimum absolute atomic E-state index is 0.662. The van der Waals surface area contributed by atoms with Crippen LogP contribution in [-0.2, 0) is 4.74 Å². The van der Waals surface area contributed by atoms with E-state index in [0.29, 0.717) is 6.04 Å². The molecule has 0 aliphatic heterocycles. The van der Waals surface area contributed by atoms with Crippen LogP contribution in [0.1, 0.15) is 33.6 Å². The highest BCUT2D eigenvalue weighted by molar-refractivity contribution is 4.69. The Bertz CT molecular complexity index is 117. The molecule has 0 aliphatic rings. The summed E-state index contributed by atoms with van der Waals surface area (Å²) in [6, 6.07) is 0.662. The zero-order valence-electron chi connectivity index (χ0n) is 9.84. The molecule has 0 radical (unpaired) electrons. The minimum Gasteiger partial charge on any atom is -0.383 e. The Balaban J connectivity index is 3.71. The fourth-order valence-corrected chi connectivity index (χ4v) is 1.57. The van der Waals surface area contributed by atoms with E-state index in [0.717, 1.165) is 19.1 Å². The van der Waals surface area contributed by atoms with E-state index in [-0.39, 0.29) is 0 Å². The van der Waals surface area contributed by atoms with Crippen molar-refractivity contribution in [1.29, 1.82) is 0 Å². The third-order valence-electron chi connectivity index (χ3n) is 2.91. The SMILES string of the molecule is CCCC(C)C(C)N(C)CCOC. The van der Waals surface area contributed by atoms with Crippen molar-refractivity contribution in [3.63, 3.8) is 0 Å². The molecule has 0 aliphatic carbocycles. The maximum Gasteiger partial charge on any atom is 0.0589 e. The van der Waals surface area contributed by atoms with Crippen molar-refractivity contribution >= 4 is 0 Å². The van der Waals surface area contributed by atoms with Gasteiger partial charge >= 0.3 is 0 Å². The van der Waals surface area contributed by atoms with Crippen molar-refractivity contribution in [2.24, 2.45) is 5.92 Å². The molecule has 0 aromatic rings. The van der Waals surface area contributed by atoms with Gasteiger partial charge in [0.05, 0.1) is 6.61 Å².